The first-order valence-electron chi connectivity index (χ1n) is 5.10. The van der Waals surface area contributed by atoms with Crippen LogP contribution in [0.4, 0.5) is 12.9 Å². The maximum Gasteiger partial charge on any atom is 1.00 e. The van der Waals surface area contributed by atoms with Gasteiger partial charge in [0.05, 0.1) is 6.61 Å². The normalized spacial score (nSPS) is 23.4. The van der Waals surface area contributed by atoms with Gasteiger partial charge < -0.3 is 17.7 Å². The fourth-order valence-corrected chi connectivity index (χ4v) is 1.55. The molecule has 2 nitrogen and oxygen atoms in total. The number of nitrogens with zero attached hydrogens (tertiary/aromatic N) is 1. The third kappa shape index (κ3) is 5.66. The number of ether oxygens (including phenoxy) is 1. The summed E-state index contributed by atoms with van der Waals surface area (Å²) >= 11 is 0. The van der Waals surface area contributed by atoms with E-state index in [9.17, 15) is 12.9 Å². The first-order chi connectivity index (χ1) is 6.91. The Hall–Kier alpha value is 1.15. The number of hydrogen-bond acceptors (Lipinski definition) is 2. The molecule has 0 aromatic heterocycles. The van der Waals surface area contributed by atoms with E-state index in [1.165, 1.54) is 0 Å². The maximum atomic E-state index is 12.3. The van der Waals surface area contributed by atoms with Gasteiger partial charge in [0.25, 0.3) is 0 Å². The largest absolute Gasteiger partial charge is 1.00 e. The van der Waals surface area contributed by atoms with Crippen molar-refractivity contribution in [3.8, 4) is 0 Å². The summed E-state index contributed by atoms with van der Waals surface area (Å²) in [5.41, 5.74) is -0.622. The van der Waals surface area contributed by atoms with Crippen LogP contribution in [0.1, 0.15) is 13.3 Å². The molecule has 0 aromatic rings. The Labute approximate surface area is 137 Å². The molecule has 0 aromatic carbocycles. The van der Waals surface area contributed by atoms with E-state index in [4.69, 9.17) is 4.74 Å². The average Bonchev–Trinajstić information content (AvgIpc) is 2.30. The molecule has 1 saturated heterocycles. The van der Waals surface area contributed by atoms with E-state index in [2.05, 4.69) is 6.58 Å². The number of halogens is 3. The minimum absolute atomic E-state index is 0. The van der Waals surface area contributed by atoms with Gasteiger partial charge in [-0.3, -0.25) is 4.90 Å². The summed E-state index contributed by atoms with van der Waals surface area (Å²) in [6, 6.07) is 0.0300. The van der Waals surface area contributed by atoms with Gasteiger partial charge in [-0.25, -0.2) is 0 Å². The Morgan fingerprint density at radius 3 is 2.69 bits per heavy atom. The van der Waals surface area contributed by atoms with Crippen LogP contribution in [-0.2, 0) is 4.74 Å². The van der Waals surface area contributed by atoms with Crippen LogP contribution in [0.25, 0.3) is 0 Å². The van der Waals surface area contributed by atoms with Crippen LogP contribution >= 0.6 is 0 Å². The monoisotopic (exact) mass is 261 g/mol. The predicted molar refractivity (Wildman–Crippen MR) is 54.7 cm³/mol. The molecule has 0 spiro atoms. The molecule has 0 amide bonds. The summed E-state index contributed by atoms with van der Waals surface area (Å²) in [5.74, 6) is 0. The molecule has 7 heteroatoms. The average molecular weight is 261 g/mol. The van der Waals surface area contributed by atoms with E-state index in [1.54, 1.807) is 4.90 Å². The summed E-state index contributed by atoms with van der Waals surface area (Å²) < 4.78 is 42.3. The minimum Gasteiger partial charge on any atom is -0.445 e. The van der Waals surface area contributed by atoms with Crippen LogP contribution in [-0.4, -0.2) is 44.2 Å². The third-order valence-electron chi connectivity index (χ3n) is 2.59. The van der Waals surface area contributed by atoms with Gasteiger partial charge in [0.2, 0.25) is 0 Å². The molecule has 88 valence electrons. The Kier molecular flexibility index (Phi) is 8.10. The molecule has 1 fully saturated rings. The SMILES string of the molecule is C=C(CN1CCCOCC1C)[B-](F)(F)F.[K+]. The van der Waals surface area contributed by atoms with E-state index in [0.29, 0.717) is 19.8 Å². The van der Waals surface area contributed by atoms with Crippen molar-refractivity contribution in [2.75, 3.05) is 26.3 Å². The molecule has 0 N–H and O–H groups in total. The van der Waals surface area contributed by atoms with Gasteiger partial charge in [-0.05, 0) is 19.9 Å². The summed E-state index contributed by atoms with van der Waals surface area (Å²) in [6.07, 6.45) is 0.780. The van der Waals surface area contributed by atoms with Gasteiger partial charge in [0.15, 0.2) is 0 Å². The molecule has 1 aliphatic heterocycles. The number of rotatable bonds is 3. The molecule has 0 aliphatic carbocycles. The first-order valence-corrected chi connectivity index (χ1v) is 5.10. The fraction of sp³-hybridized carbons (Fsp3) is 0.778. The van der Waals surface area contributed by atoms with E-state index in [-0.39, 0.29) is 64.0 Å². The van der Waals surface area contributed by atoms with Crippen molar-refractivity contribution in [2.24, 2.45) is 0 Å². The molecule has 1 heterocycles. The van der Waals surface area contributed by atoms with Crippen molar-refractivity contribution in [3.05, 3.63) is 12.1 Å². The molecular formula is C9H16BF3KNO. The molecule has 16 heavy (non-hydrogen) atoms. The van der Waals surface area contributed by atoms with Gasteiger partial charge in [-0.1, -0.05) is 0 Å². The van der Waals surface area contributed by atoms with E-state index in [1.807, 2.05) is 6.92 Å². The maximum absolute atomic E-state index is 12.3. The third-order valence-corrected chi connectivity index (χ3v) is 2.59. The Morgan fingerprint density at radius 2 is 2.12 bits per heavy atom. The van der Waals surface area contributed by atoms with Crippen molar-refractivity contribution < 1.29 is 69.1 Å². The standard InChI is InChI=1S/C9H16BF3NO.K/c1-8(10(11,12)13)6-14-4-3-5-15-7-9(14)2;/h9H,1,3-7H2,2H3;/q-1;+1. The predicted octanol–water partition coefficient (Wildman–Crippen LogP) is -0.956. The molecule has 0 radical (unpaired) electrons. The van der Waals surface area contributed by atoms with Gasteiger partial charge >= 0.3 is 58.4 Å². The van der Waals surface area contributed by atoms with Crippen molar-refractivity contribution in [3.63, 3.8) is 0 Å². The second kappa shape index (κ2) is 7.56. The molecule has 1 aliphatic rings. The molecular weight excluding hydrogens is 245 g/mol. The molecule has 0 bridgehead atoms. The smallest absolute Gasteiger partial charge is 0.445 e. The Morgan fingerprint density at radius 1 is 1.50 bits per heavy atom. The van der Waals surface area contributed by atoms with Crippen LogP contribution in [0.2, 0.25) is 0 Å². The van der Waals surface area contributed by atoms with Crippen LogP contribution in [0.15, 0.2) is 12.1 Å². The first kappa shape index (κ1) is 17.2. The zero-order valence-corrected chi connectivity index (χ0v) is 13.0. The molecule has 1 atom stereocenters. The van der Waals surface area contributed by atoms with Crippen LogP contribution in [0.5, 0.6) is 0 Å². The zero-order chi connectivity index (χ0) is 11.5. The number of hydrogen-bond donors (Lipinski definition) is 0. The zero-order valence-electron chi connectivity index (χ0n) is 9.89. The Bertz CT molecular complexity index is 237. The Balaban J connectivity index is 0.00000225. The van der Waals surface area contributed by atoms with Crippen LogP contribution in [0, 0.1) is 0 Å². The van der Waals surface area contributed by atoms with Crippen molar-refractivity contribution in [1.29, 1.82) is 0 Å². The molecule has 1 unspecified atom stereocenters. The van der Waals surface area contributed by atoms with E-state index >= 15 is 0 Å². The summed E-state index contributed by atoms with van der Waals surface area (Å²) in [6.45, 7) is 1.76. The second-order valence-electron chi connectivity index (χ2n) is 3.98. The molecule has 0 saturated carbocycles. The van der Waals surface area contributed by atoms with Crippen molar-refractivity contribution >= 4 is 6.98 Å². The quantitative estimate of drug-likeness (QED) is 0.607. The molecule has 1 rings (SSSR count). The second-order valence-corrected chi connectivity index (χ2v) is 3.98. The van der Waals surface area contributed by atoms with E-state index in [0.717, 1.165) is 6.42 Å². The van der Waals surface area contributed by atoms with Gasteiger partial charge in [-0.2, -0.15) is 0 Å². The topological polar surface area (TPSA) is 12.5 Å². The van der Waals surface area contributed by atoms with Crippen molar-refractivity contribution in [2.45, 2.75) is 19.4 Å². The summed E-state index contributed by atoms with van der Waals surface area (Å²) in [5, 5.41) is 0. The van der Waals surface area contributed by atoms with Gasteiger partial charge in [0, 0.05) is 19.2 Å². The fourth-order valence-electron chi connectivity index (χ4n) is 1.55. The van der Waals surface area contributed by atoms with Crippen molar-refractivity contribution in [1.82, 2.24) is 4.90 Å². The van der Waals surface area contributed by atoms with Gasteiger partial charge in [0.1, 0.15) is 0 Å². The van der Waals surface area contributed by atoms with E-state index < -0.39 is 12.4 Å². The summed E-state index contributed by atoms with van der Waals surface area (Å²) in [7, 11) is 0. The van der Waals surface area contributed by atoms with Crippen LogP contribution < -0.4 is 51.4 Å². The summed E-state index contributed by atoms with van der Waals surface area (Å²) in [4.78, 5) is 1.78. The van der Waals surface area contributed by atoms with Crippen LogP contribution in [0.3, 0.4) is 0 Å². The minimum atomic E-state index is -4.91. The van der Waals surface area contributed by atoms with Gasteiger partial charge in [-0.15, -0.1) is 12.1 Å².